The highest BCUT2D eigenvalue weighted by Gasteiger charge is 2.27. The van der Waals surface area contributed by atoms with E-state index in [4.69, 9.17) is 5.84 Å². The summed E-state index contributed by atoms with van der Waals surface area (Å²) in [5.74, 6) is 6.05. The first-order valence-electron chi connectivity index (χ1n) is 4.91. The van der Waals surface area contributed by atoms with Crippen molar-refractivity contribution in [2.24, 2.45) is 5.84 Å². The molecule has 0 spiro atoms. The summed E-state index contributed by atoms with van der Waals surface area (Å²) in [4.78, 5) is 9.21. The Labute approximate surface area is 96.8 Å². The smallest absolute Gasteiger partial charge is 0.359 e. The fraction of sp³-hybridized carbons (Fsp3) is 0.556. The summed E-state index contributed by atoms with van der Waals surface area (Å²) in [7, 11) is 1.54. The van der Waals surface area contributed by atoms with E-state index < -0.39 is 12.6 Å². The number of anilines is 2. The molecule has 0 aliphatic rings. The number of alkyl halides is 3. The third kappa shape index (κ3) is 3.74. The average Bonchev–Trinajstić information content (AvgIpc) is 2.25. The molecule has 96 valence electrons. The van der Waals surface area contributed by atoms with Crippen molar-refractivity contribution in [2.75, 3.05) is 23.9 Å². The molecule has 0 aliphatic carbocycles. The normalized spacial score (nSPS) is 11.4. The Balaban J connectivity index is 2.79. The van der Waals surface area contributed by atoms with Gasteiger partial charge >= 0.3 is 6.18 Å². The van der Waals surface area contributed by atoms with Crippen LogP contribution in [0.1, 0.15) is 12.0 Å². The van der Waals surface area contributed by atoms with Crippen LogP contribution in [-0.4, -0.2) is 29.7 Å². The van der Waals surface area contributed by atoms with E-state index in [1.165, 1.54) is 11.2 Å². The first-order valence-corrected chi connectivity index (χ1v) is 4.91. The summed E-state index contributed by atoms with van der Waals surface area (Å²) in [5.41, 5.74) is 2.97. The summed E-state index contributed by atoms with van der Waals surface area (Å²) < 4.78 is 36.3. The zero-order valence-electron chi connectivity index (χ0n) is 9.54. The summed E-state index contributed by atoms with van der Waals surface area (Å²) in [6.07, 6.45) is -3.82. The predicted molar refractivity (Wildman–Crippen MR) is 58.5 cm³/mol. The van der Waals surface area contributed by atoms with Crippen molar-refractivity contribution in [1.82, 2.24) is 9.97 Å². The van der Waals surface area contributed by atoms with Gasteiger partial charge in [0, 0.05) is 19.2 Å². The maximum atomic E-state index is 12.1. The van der Waals surface area contributed by atoms with Crippen molar-refractivity contribution in [1.29, 1.82) is 0 Å². The van der Waals surface area contributed by atoms with Crippen LogP contribution in [0.25, 0.3) is 0 Å². The summed E-state index contributed by atoms with van der Waals surface area (Å²) in [6.45, 7) is 1.53. The highest BCUT2D eigenvalue weighted by Crippen LogP contribution is 2.24. The van der Waals surface area contributed by atoms with Gasteiger partial charge in [-0.25, -0.2) is 15.8 Å². The molecule has 0 amide bonds. The molecule has 1 heterocycles. The quantitative estimate of drug-likeness (QED) is 0.624. The van der Waals surface area contributed by atoms with Gasteiger partial charge in [0.05, 0.1) is 6.42 Å². The lowest BCUT2D eigenvalue weighted by molar-refractivity contribution is -0.132. The molecule has 0 atom stereocenters. The molecule has 8 heteroatoms. The van der Waals surface area contributed by atoms with Gasteiger partial charge in [-0.3, -0.25) is 0 Å². The third-order valence-corrected chi connectivity index (χ3v) is 2.29. The number of halogens is 3. The number of hydrogen-bond acceptors (Lipinski definition) is 5. The van der Waals surface area contributed by atoms with Gasteiger partial charge < -0.3 is 10.3 Å². The third-order valence-electron chi connectivity index (χ3n) is 2.29. The lowest BCUT2D eigenvalue weighted by Gasteiger charge is -2.21. The number of aromatic nitrogens is 2. The van der Waals surface area contributed by atoms with Crippen molar-refractivity contribution in [3.63, 3.8) is 0 Å². The van der Waals surface area contributed by atoms with Crippen molar-refractivity contribution in [3.8, 4) is 0 Å². The van der Waals surface area contributed by atoms with Gasteiger partial charge in [0.15, 0.2) is 0 Å². The maximum Gasteiger partial charge on any atom is 0.390 e. The zero-order valence-corrected chi connectivity index (χ0v) is 9.54. The molecule has 17 heavy (non-hydrogen) atoms. The number of nitrogens with two attached hydrogens (primary N) is 1. The van der Waals surface area contributed by atoms with Gasteiger partial charge in [-0.2, -0.15) is 13.2 Å². The number of rotatable bonds is 4. The Bertz CT molecular complexity index is 379. The average molecular weight is 249 g/mol. The van der Waals surface area contributed by atoms with Gasteiger partial charge in [-0.1, -0.05) is 0 Å². The van der Waals surface area contributed by atoms with Gasteiger partial charge in [-0.15, -0.1) is 0 Å². The SMILES string of the molecule is Cc1c(NN)ncnc1N(C)CCC(F)(F)F. The molecule has 0 unspecified atom stereocenters. The van der Waals surface area contributed by atoms with Crippen LogP contribution in [0.4, 0.5) is 24.8 Å². The highest BCUT2D eigenvalue weighted by molar-refractivity contribution is 5.56. The lowest BCUT2D eigenvalue weighted by atomic mass is 10.3. The number of hydrogen-bond donors (Lipinski definition) is 2. The fourth-order valence-electron chi connectivity index (χ4n) is 1.37. The van der Waals surface area contributed by atoms with E-state index in [1.807, 2.05) is 0 Å². The van der Waals surface area contributed by atoms with Crippen LogP contribution in [0, 0.1) is 6.92 Å². The molecule has 1 aromatic heterocycles. The minimum Gasteiger partial charge on any atom is -0.359 e. The van der Waals surface area contributed by atoms with Crippen LogP contribution in [-0.2, 0) is 0 Å². The Hall–Kier alpha value is -1.57. The van der Waals surface area contributed by atoms with Crippen LogP contribution in [0.15, 0.2) is 6.33 Å². The van der Waals surface area contributed by atoms with E-state index in [1.54, 1.807) is 14.0 Å². The van der Waals surface area contributed by atoms with Crippen molar-refractivity contribution < 1.29 is 13.2 Å². The van der Waals surface area contributed by atoms with E-state index in [9.17, 15) is 13.2 Å². The topological polar surface area (TPSA) is 67.1 Å². The van der Waals surface area contributed by atoms with E-state index in [2.05, 4.69) is 15.4 Å². The number of nitrogens with one attached hydrogen (secondary N) is 1. The number of nitrogens with zero attached hydrogens (tertiary/aromatic N) is 3. The lowest BCUT2D eigenvalue weighted by Crippen LogP contribution is -2.26. The minimum atomic E-state index is -4.18. The molecule has 0 saturated heterocycles. The van der Waals surface area contributed by atoms with Gasteiger partial charge in [0.2, 0.25) is 0 Å². The highest BCUT2D eigenvalue weighted by atomic mass is 19.4. The van der Waals surface area contributed by atoms with Gasteiger partial charge in [0.1, 0.15) is 18.0 Å². The maximum absolute atomic E-state index is 12.1. The van der Waals surface area contributed by atoms with Crippen LogP contribution >= 0.6 is 0 Å². The van der Waals surface area contributed by atoms with Crippen molar-refractivity contribution in [2.45, 2.75) is 19.5 Å². The molecule has 0 radical (unpaired) electrons. The molecule has 0 aliphatic heterocycles. The standard InChI is InChI=1S/C9H14F3N5/c1-6-7(16-13)14-5-15-8(6)17(2)4-3-9(10,11)12/h5H,3-4,13H2,1-2H3,(H,14,15,16). The van der Waals surface area contributed by atoms with Gasteiger partial charge in [-0.05, 0) is 6.92 Å². The predicted octanol–water partition coefficient (Wildman–Crippen LogP) is 1.46. The van der Waals surface area contributed by atoms with E-state index >= 15 is 0 Å². The first-order chi connectivity index (χ1) is 7.85. The Morgan fingerprint density at radius 3 is 2.59 bits per heavy atom. The molecule has 0 aromatic carbocycles. The number of hydrazine groups is 1. The first kappa shape index (κ1) is 13.5. The van der Waals surface area contributed by atoms with Gasteiger partial charge in [0.25, 0.3) is 0 Å². The monoisotopic (exact) mass is 249 g/mol. The zero-order chi connectivity index (χ0) is 13.1. The Morgan fingerprint density at radius 2 is 2.06 bits per heavy atom. The molecule has 1 aromatic rings. The molecular weight excluding hydrogens is 235 g/mol. The van der Waals surface area contributed by atoms with E-state index in [0.29, 0.717) is 17.2 Å². The summed E-state index contributed by atoms with van der Waals surface area (Å²) in [5, 5.41) is 0. The second-order valence-electron chi connectivity index (χ2n) is 3.60. The second-order valence-corrected chi connectivity index (χ2v) is 3.60. The Kier molecular flexibility index (Phi) is 4.11. The van der Waals surface area contributed by atoms with E-state index in [-0.39, 0.29) is 6.54 Å². The second kappa shape index (κ2) is 5.17. The minimum absolute atomic E-state index is 0.161. The number of nitrogen functional groups attached to an aromatic ring is 1. The summed E-state index contributed by atoms with van der Waals surface area (Å²) in [6, 6.07) is 0. The van der Waals surface area contributed by atoms with Crippen molar-refractivity contribution in [3.05, 3.63) is 11.9 Å². The summed E-state index contributed by atoms with van der Waals surface area (Å²) >= 11 is 0. The molecule has 1 rings (SSSR count). The fourth-order valence-corrected chi connectivity index (χ4v) is 1.37. The molecule has 0 saturated carbocycles. The molecule has 0 fully saturated rings. The van der Waals surface area contributed by atoms with Crippen molar-refractivity contribution >= 4 is 11.6 Å². The molecular formula is C9H14F3N5. The molecule has 0 bridgehead atoms. The Morgan fingerprint density at radius 1 is 1.41 bits per heavy atom. The largest absolute Gasteiger partial charge is 0.390 e. The molecule has 5 nitrogen and oxygen atoms in total. The van der Waals surface area contributed by atoms with Crippen LogP contribution in [0.2, 0.25) is 0 Å². The van der Waals surface area contributed by atoms with Crippen LogP contribution in [0.3, 0.4) is 0 Å². The van der Waals surface area contributed by atoms with Crippen LogP contribution < -0.4 is 16.2 Å². The van der Waals surface area contributed by atoms with Crippen LogP contribution in [0.5, 0.6) is 0 Å². The molecule has 3 N–H and O–H groups in total. The van der Waals surface area contributed by atoms with E-state index in [0.717, 1.165) is 0 Å².